The van der Waals surface area contributed by atoms with Crippen LogP contribution in [0.4, 0.5) is 9.18 Å². The summed E-state index contributed by atoms with van der Waals surface area (Å²) in [4.78, 5) is 29.7. The van der Waals surface area contributed by atoms with Crippen LogP contribution in [0.15, 0.2) is 53.3 Å². The Bertz CT molecular complexity index is 1070. The van der Waals surface area contributed by atoms with Crippen LogP contribution in [0.3, 0.4) is 0 Å². The van der Waals surface area contributed by atoms with Crippen LogP contribution in [0.1, 0.15) is 39.6 Å². The highest BCUT2D eigenvalue weighted by atomic mass is 19.1. The minimum Gasteiger partial charge on any atom is -0.444 e. The molecule has 0 radical (unpaired) electrons. The normalized spacial score (nSPS) is 12.6. The van der Waals surface area contributed by atoms with Crippen LogP contribution >= 0.6 is 0 Å². The zero-order valence-corrected chi connectivity index (χ0v) is 16.2. The predicted octanol–water partition coefficient (Wildman–Crippen LogP) is 4.11. The Labute approximate surface area is 162 Å². The number of benzene rings is 2. The standard InChI is InChI=1S/C21H22FN3O3/c1-13(23-20(27)28-21(2,3)4)18-24-17-15(11-8-12-16(17)22)19(26)25(18)14-9-6-5-7-10-14/h5-13H,1-4H3,(H,23,27). The highest BCUT2D eigenvalue weighted by Crippen LogP contribution is 2.20. The lowest BCUT2D eigenvalue weighted by Gasteiger charge is -2.23. The molecule has 1 amide bonds. The first-order valence-electron chi connectivity index (χ1n) is 8.93. The number of ether oxygens (including phenoxy) is 1. The fourth-order valence-electron chi connectivity index (χ4n) is 2.86. The summed E-state index contributed by atoms with van der Waals surface area (Å²) in [6.07, 6.45) is -0.650. The molecule has 2 aromatic carbocycles. The third-order valence-corrected chi connectivity index (χ3v) is 4.01. The van der Waals surface area contributed by atoms with Gasteiger partial charge in [0.2, 0.25) is 0 Å². The molecule has 0 saturated carbocycles. The molecule has 1 N–H and O–H groups in total. The second kappa shape index (κ2) is 7.42. The minimum absolute atomic E-state index is 0.0347. The fourth-order valence-corrected chi connectivity index (χ4v) is 2.86. The molecule has 0 aliphatic rings. The Hall–Kier alpha value is -3.22. The Balaban J connectivity index is 2.16. The second-order valence-electron chi connectivity index (χ2n) is 7.45. The van der Waals surface area contributed by atoms with E-state index in [0.29, 0.717) is 5.69 Å². The van der Waals surface area contributed by atoms with Gasteiger partial charge in [-0.15, -0.1) is 0 Å². The number of hydrogen-bond donors (Lipinski definition) is 1. The van der Waals surface area contributed by atoms with E-state index in [9.17, 15) is 14.0 Å². The van der Waals surface area contributed by atoms with Crippen molar-refractivity contribution < 1.29 is 13.9 Å². The average Bonchev–Trinajstić information content (AvgIpc) is 2.61. The molecule has 1 aromatic heterocycles. The van der Waals surface area contributed by atoms with E-state index in [1.165, 1.54) is 22.8 Å². The van der Waals surface area contributed by atoms with Crippen LogP contribution in [0, 0.1) is 5.82 Å². The number of carbonyl (C=O) groups is 1. The maximum atomic E-state index is 14.3. The van der Waals surface area contributed by atoms with Crippen molar-refractivity contribution in [2.24, 2.45) is 0 Å². The monoisotopic (exact) mass is 383 g/mol. The first-order chi connectivity index (χ1) is 13.2. The van der Waals surface area contributed by atoms with Gasteiger partial charge in [0.05, 0.1) is 17.1 Å². The third-order valence-electron chi connectivity index (χ3n) is 4.01. The second-order valence-corrected chi connectivity index (χ2v) is 7.45. The summed E-state index contributed by atoms with van der Waals surface area (Å²) in [6, 6.07) is 12.4. The summed E-state index contributed by atoms with van der Waals surface area (Å²) in [7, 11) is 0. The number of nitrogens with zero attached hydrogens (tertiary/aromatic N) is 2. The molecule has 1 unspecified atom stereocenters. The van der Waals surface area contributed by atoms with E-state index >= 15 is 0 Å². The molecule has 1 heterocycles. The Kier molecular flexibility index (Phi) is 5.18. The van der Waals surface area contributed by atoms with E-state index in [0.717, 1.165) is 0 Å². The number of alkyl carbamates (subject to hydrolysis) is 1. The largest absolute Gasteiger partial charge is 0.444 e. The topological polar surface area (TPSA) is 73.2 Å². The van der Waals surface area contributed by atoms with Gasteiger partial charge >= 0.3 is 6.09 Å². The van der Waals surface area contributed by atoms with E-state index in [1.54, 1.807) is 52.0 Å². The number of fused-ring (bicyclic) bond motifs is 1. The number of halogens is 1. The number of hydrogen-bond acceptors (Lipinski definition) is 4. The minimum atomic E-state index is -0.702. The molecule has 6 nitrogen and oxygen atoms in total. The molecule has 1 atom stereocenters. The molecular weight excluding hydrogens is 361 g/mol. The molecule has 0 aliphatic heterocycles. The lowest BCUT2D eigenvalue weighted by atomic mass is 10.2. The van der Waals surface area contributed by atoms with Gasteiger partial charge in [-0.25, -0.2) is 14.2 Å². The smallest absolute Gasteiger partial charge is 0.408 e. The summed E-state index contributed by atoms with van der Waals surface area (Å²) in [5.41, 5.74) is -0.554. The molecule has 0 aliphatic carbocycles. The third kappa shape index (κ3) is 4.03. The molecular formula is C21H22FN3O3. The van der Waals surface area contributed by atoms with Crippen LogP contribution in [0.2, 0.25) is 0 Å². The van der Waals surface area contributed by atoms with Gasteiger partial charge in [0.1, 0.15) is 22.8 Å². The summed E-state index contributed by atoms with van der Waals surface area (Å²) in [6.45, 7) is 6.92. The van der Waals surface area contributed by atoms with Crippen LogP contribution in [-0.4, -0.2) is 21.2 Å². The molecule has 0 spiro atoms. The zero-order chi connectivity index (χ0) is 20.5. The summed E-state index contributed by atoms with van der Waals surface area (Å²) in [5, 5.41) is 2.83. The van der Waals surface area contributed by atoms with E-state index in [-0.39, 0.29) is 16.7 Å². The Morgan fingerprint density at radius 3 is 2.46 bits per heavy atom. The van der Waals surface area contributed by atoms with Crippen molar-refractivity contribution in [3.63, 3.8) is 0 Å². The van der Waals surface area contributed by atoms with Crippen LogP contribution in [0.5, 0.6) is 0 Å². The lowest BCUT2D eigenvalue weighted by Crippen LogP contribution is -2.37. The number of aromatic nitrogens is 2. The number of amides is 1. The van der Waals surface area contributed by atoms with Crippen LogP contribution in [0.25, 0.3) is 16.6 Å². The van der Waals surface area contributed by atoms with Gasteiger partial charge in [-0.1, -0.05) is 24.3 Å². The van der Waals surface area contributed by atoms with Crippen molar-refractivity contribution in [1.82, 2.24) is 14.9 Å². The van der Waals surface area contributed by atoms with Crippen molar-refractivity contribution in [2.45, 2.75) is 39.3 Å². The van der Waals surface area contributed by atoms with Gasteiger partial charge in [0, 0.05) is 0 Å². The van der Waals surface area contributed by atoms with Gasteiger partial charge in [-0.05, 0) is 52.0 Å². The van der Waals surface area contributed by atoms with Crippen molar-refractivity contribution >= 4 is 17.0 Å². The molecule has 146 valence electrons. The van der Waals surface area contributed by atoms with Crippen molar-refractivity contribution in [1.29, 1.82) is 0 Å². The van der Waals surface area contributed by atoms with Crippen molar-refractivity contribution in [2.75, 3.05) is 0 Å². The molecule has 3 aromatic rings. The van der Waals surface area contributed by atoms with Crippen LogP contribution < -0.4 is 10.9 Å². The maximum absolute atomic E-state index is 14.3. The lowest BCUT2D eigenvalue weighted by molar-refractivity contribution is 0.0505. The van der Waals surface area contributed by atoms with E-state index in [4.69, 9.17) is 4.74 Å². The highest BCUT2D eigenvalue weighted by molar-refractivity contribution is 5.78. The van der Waals surface area contributed by atoms with E-state index < -0.39 is 29.1 Å². The molecule has 0 bridgehead atoms. The van der Waals surface area contributed by atoms with Crippen molar-refractivity contribution in [3.8, 4) is 5.69 Å². The SMILES string of the molecule is CC(NC(=O)OC(C)(C)C)c1nc2c(F)cccc2c(=O)n1-c1ccccc1. The molecule has 28 heavy (non-hydrogen) atoms. The summed E-state index contributed by atoms with van der Waals surface area (Å²) >= 11 is 0. The first kappa shape index (κ1) is 19.5. The summed E-state index contributed by atoms with van der Waals surface area (Å²) < 4.78 is 21.0. The first-order valence-corrected chi connectivity index (χ1v) is 8.93. The zero-order valence-electron chi connectivity index (χ0n) is 16.2. The molecule has 0 saturated heterocycles. The van der Waals surface area contributed by atoms with Gasteiger partial charge in [-0.3, -0.25) is 9.36 Å². The molecule has 3 rings (SSSR count). The number of para-hydroxylation sites is 2. The average molecular weight is 383 g/mol. The Morgan fingerprint density at radius 2 is 1.82 bits per heavy atom. The van der Waals surface area contributed by atoms with E-state index in [1.807, 2.05) is 6.07 Å². The van der Waals surface area contributed by atoms with Crippen LogP contribution in [-0.2, 0) is 4.74 Å². The van der Waals surface area contributed by atoms with Gasteiger partial charge in [0.15, 0.2) is 0 Å². The van der Waals surface area contributed by atoms with Crippen molar-refractivity contribution in [3.05, 3.63) is 70.5 Å². The number of carbonyl (C=O) groups excluding carboxylic acids is 1. The van der Waals surface area contributed by atoms with Gasteiger partial charge in [0.25, 0.3) is 5.56 Å². The van der Waals surface area contributed by atoms with E-state index in [2.05, 4.69) is 10.3 Å². The molecule has 0 fully saturated rings. The van der Waals surface area contributed by atoms with Gasteiger partial charge in [-0.2, -0.15) is 0 Å². The quantitative estimate of drug-likeness (QED) is 0.739. The fraction of sp³-hybridized carbons (Fsp3) is 0.286. The molecule has 7 heteroatoms. The number of nitrogens with one attached hydrogen (secondary N) is 1. The maximum Gasteiger partial charge on any atom is 0.408 e. The summed E-state index contributed by atoms with van der Waals surface area (Å²) in [5.74, 6) is -0.389. The predicted molar refractivity (Wildman–Crippen MR) is 105 cm³/mol. The van der Waals surface area contributed by atoms with Gasteiger partial charge < -0.3 is 10.1 Å². The Morgan fingerprint density at radius 1 is 1.14 bits per heavy atom. The highest BCUT2D eigenvalue weighted by Gasteiger charge is 2.23. The number of rotatable bonds is 3.